The Hall–Kier alpha value is -2.56. The summed E-state index contributed by atoms with van der Waals surface area (Å²) in [6.07, 6.45) is 1.57. The van der Waals surface area contributed by atoms with Crippen molar-refractivity contribution in [3.05, 3.63) is 39.9 Å². The van der Waals surface area contributed by atoms with Crippen LogP contribution in [0.15, 0.2) is 28.7 Å². The van der Waals surface area contributed by atoms with Crippen LogP contribution in [0.3, 0.4) is 0 Å². The van der Waals surface area contributed by atoms with Crippen molar-refractivity contribution in [1.82, 2.24) is 0 Å². The summed E-state index contributed by atoms with van der Waals surface area (Å²) in [7, 11) is -0.646. The third kappa shape index (κ3) is 4.54. The summed E-state index contributed by atoms with van der Waals surface area (Å²) >= 11 is 3.29. The van der Waals surface area contributed by atoms with E-state index in [-0.39, 0.29) is 0 Å². The second kappa shape index (κ2) is 9.60. The molecule has 5 rings (SSSR count). The van der Waals surface area contributed by atoms with Crippen LogP contribution in [0.4, 0.5) is 0 Å². The van der Waals surface area contributed by atoms with Gasteiger partial charge in [0.1, 0.15) is 32.7 Å². The monoisotopic (exact) mass is 532 g/mol. The Morgan fingerprint density at radius 1 is 0.735 bits per heavy atom. The molecule has 180 valence electrons. The summed E-state index contributed by atoms with van der Waals surface area (Å²) in [5.74, 6) is 2.47. The van der Waals surface area contributed by atoms with E-state index in [1.165, 1.54) is 0 Å². The van der Waals surface area contributed by atoms with Crippen LogP contribution in [0.2, 0.25) is 0 Å². The van der Waals surface area contributed by atoms with Gasteiger partial charge in [0, 0.05) is 16.6 Å². The Morgan fingerprint density at radius 3 is 1.76 bits per heavy atom. The highest BCUT2D eigenvalue weighted by Gasteiger charge is 2.53. The molecule has 0 N–H and O–H groups in total. The van der Waals surface area contributed by atoms with Gasteiger partial charge in [0.25, 0.3) is 0 Å². The number of rotatable bonds is 3. The fourth-order valence-corrected chi connectivity index (χ4v) is 4.18. The zero-order valence-corrected chi connectivity index (χ0v) is 21.1. The van der Waals surface area contributed by atoms with Crippen LogP contribution in [-0.2, 0) is 9.31 Å². The van der Waals surface area contributed by atoms with Gasteiger partial charge in [-0.2, -0.15) is 0 Å². The molecule has 0 radical (unpaired) electrons. The zero-order valence-electron chi connectivity index (χ0n) is 19.5. The summed E-state index contributed by atoms with van der Waals surface area (Å²) in [6.45, 7) is 9.91. The van der Waals surface area contributed by atoms with Crippen molar-refractivity contribution in [2.75, 3.05) is 26.4 Å². The van der Waals surface area contributed by atoms with Crippen LogP contribution in [0.5, 0.6) is 23.0 Å². The van der Waals surface area contributed by atoms with Gasteiger partial charge in [-0.25, -0.2) is 0 Å². The fraction of sp³-hybridized carbons (Fsp3) is 0.417. The minimum absolute atomic E-state index is 0.446. The number of aldehydes is 2. The highest BCUT2D eigenvalue weighted by Crippen LogP contribution is 2.40. The quantitative estimate of drug-likeness (QED) is 0.437. The molecule has 3 aliphatic rings. The maximum Gasteiger partial charge on any atom is 0.499 e. The molecule has 3 aliphatic heterocycles. The molecule has 0 saturated carbocycles. The average Bonchev–Trinajstić information content (AvgIpc) is 3.05. The normalized spacial score (nSPS) is 19.0. The maximum atomic E-state index is 11.4. The number of benzene rings is 2. The Bertz CT molecular complexity index is 1080. The SMILES string of the molecule is CC1(C)OB(c2c(C=O)ccc3c2OCCO3)OC1(C)C.O=Cc1ccc2c(c1Br)OCCO2. The van der Waals surface area contributed by atoms with Gasteiger partial charge in [0.2, 0.25) is 0 Å². The molecule has 3 heterocycles. The van der Waals surface area contributed by atoms with Gasteiger partial charge in [-0.1, -0.05) is 0 Å². The third-order valence-corrected chi connectivity index (χ3v) is 7.02. The van der Waals surface area contributed by atoms with Gasteiger partial charge in [-0.3, -0.25) is 9.59 Å². The molecule has 0 aliphatic carbocycles. The van der Waals surface area contributed by atoms with Crippen molar-refractivity contribution in [1.29, 1.82) is 0 Å². The van der Waals surface area contributed by atoms with Crippen molar-refractivity contribution in [2.24, 2.45) is 0 Å². The van der Waals surface area contributed by atoms with E-state index in [1.807, 2.05) is 27.7 Å². The molecular formula is C24H26BBrO8. The lowest BCUT2D eigenvalue weighted by Crippen LogP contribution is -2.41. The van der Waals surface area contributed by atoms with Crippen LogP contribution in [0, 0.1) is 0 Å². The lowest BCUT2D eigenvalue weighted by atomic mass is 9.75. The van der Waals surface area contributed by atoms with Gasteiger partial charge in [-0.15, -0.1) is 0 Å². The Balaban J connectivity index is 0.000000180. The predicted molar refractivity (Wildman–Crippen MR) is 129 cm³/mol. The molecule has 0 atom stereocenters. The maximum absolute atomic E-state index is 11.4. The molecule has 0 bridgehead atoms. The Kier molecular flexibility index (Phi) is 6.93. The highest BCUT2D eigenvalue weighted by molar-refractivity contribution is 9.10. The third-order valence-electron chi connectivity index (χ3n) is 6.20. The lowest BCUT2D eigenvalue weighted by Gasteiger charge is -2.32. The molecular weight excluding hydrogens is 507 g/mol. The van der Waals surface area contributed by atoms with Gasteiger partial charge >= 0.3 is 7.12 Å². The number of hydrogen-bond acceptors (Lipinski definition) is 8. The van der Waals surface area contributed by atoms with E-state index in [1.54, 1.807) is 24.3 Å². The van der Waals surface area contributed by atoms with Crippen molar-refractivity contribution >= 4 is 41.1 Å². The number of carbonyl (C=O) groups is 2. The molecule has 0 amide bonds. The van der Waals surface area contributed by atoms with E-state index >= 15 is 0 Å². The van der Waals surface area contributed by atoms with Crippen LogP contribution in [-0.4, -0.2) is 57.3 Å². The van der Waals surface area contributed by atoms with E-state index in [0.29, 0.717) is 70.5 Å². The van der Waals surface area contributed by atoms with Crippen LogP contribution >= 0.6 is 15.9 Å². The van der Waals surface area contributed by atoms with E-state index in [0.717, 1.165) is 12.6 Å². The van der Waals surface area contributed by atoms with Crippen LogP contribution in [0.1, 0.15) is 48.4 Å². The van der Waals surface area contributed by atoms with Gasteiger partial charge in [-0.05, 0) is 67.9 Å². The molecule has 10 heteroatoms. The average molecular weight is 533 g/mol. The summed E-state index contributed by atoms with van der Waals surface area (Å²) in [6, 6.07) is 6.89. The van der Waals surface area contributed by atoms with E-state index in [4.69, 9.17) is 28.3 Å². The minimum Gasteiger partial charge on any atom is -0.486 e. The molecule has 8 nitrogen and oxygen atoms in total. The van der Waals surface area contributed by atoms with Crippen LogP contribution in [0.25, 0.3) is 0 Å². The van der Waals surface area contributed by atoms with Crippen molar-refractivity contribution in [3.8, 4) is 23.0 Å². The summed E-state index contributed by atoms with van der Waals surface area (Å²) in [4.78, 5) is 22.0. The molecule has 34 heavy (non-hydrogen) atoms. The van der Waals surface area contributed by atoms with E-state index in [9.17, 15) is 9.59 Å². The Morgan fingerprint density at radius 2 is 1.21 bits per heavy atom. The molecule has 0 spiro atoms. The van der Waals surface area contributed by atoms with E-state index in [2.05, 4.69) is 15.9 Å². The zero-order chi connectivity index (χ0) is 24.5. The molecule has 2 aromatic carbocycles. The highest BCUT2D eigenvalue weighted by atomic mass is 79.9. The topological polar surface area (TPSA) is 89.5 Å². The number of hydrogen-bond donors (Lipinski definition) is 0. The van der Waals surface area contributed by atoms with Gasteiger partial charge in [0.05, 0.1) is 15.7 Å². The summed E-state index contributed by atoms with van der Waals surface area (Å²) in [5, 5.41) is 0. The smallest absolute Gasteiger partial charge is 0.486 e. The first-order chi connectivity index (χ1) is 16.2. The van der Waals surface area contributed by atoms with Crippen molar-refractivity contribution < 1.29 is 37.8 Å². The summed E-state index contributed by atoms with van der Waals surface area (Å²) < 4.78 is 34.7. The molecule has 0 unspecified atom stereocenters. The van der Waals surface area contributed by atoms with Crippen molar-refractivity contribution in [3.63, 3.8) is 0 Å². The van der Waals surface area contributed by atoms with Gasteiger partial charge in [0.15, 0.2) is 29.3 Å². The van der Waals surface area contributed by atoms with Crippen LogP contribution < -0.4 is 24.4 Å². The standard InChI is InChI=1S/C15H19BO5.C9H7BrO3/c1-14(2)15(3,4)21-16(20-14)12-10(9-17)5-6-11-13(12)19-8-7-18-11;10-8-6(5-11)1-2-7-9(8)13-4-3-12-7/h5-6,9H,7-8H2,1-4H3;1-2,5H,3-4H2. The Labute approximate surface area is 207 Å². The number of carbonyl (C=O) groups excluding carboxylic acids is 2. The molecule has 1 fully saturated rings. The predicted octanol–water partition coefficient (Wildman–Crippen LogP) is 3.60. The summed E-state index contributed by atoms with van der Waals surface area (Å²) in [5.41, 5.74) is 0.731. The second-order valence-electron chi connectivity index (χ2n) is 8.91. The molecule has 1 saturated heterocycles. The number of halogens is 1. The van der Waals surface area contributed by atoms with E-state index < -0.39 is 18.3 Å². The van der Waals surface area contributed by atoms with Crippen molar-refractivity contribution in [2.45, 2.75) is 38.9 Å². The first-order valence-electron chi connectivity index (χ1n) is 10.9. The second-order valence-corrected chi connectivity index (χ2v) is 9.70. The molecule has 2 aromatic rings. The first-order valence-corrected chi connectivity index (χ1v) is 11.7. The minimum atomic E-state index is -0.646. The lowest BCUT2D eigenvalue weighted by molar-refractivity contribution is 0.00578. The first kappa shape index (κ1) is 24.6. The molecule has 0 aromatic heterocycles. The fourth-order valence-electron chi connectivity index (χ4n) is 3.65. The largest absolute Gasteiger partial charge is 0.499 e. The number of fused-ring (bicyclic) bond motifs is 2. The number of ether oxygens (including phenoxy) is 4. The van der Waals surface area contributed by atoms with Gasteiger partial charge < -0.3 is 28.3 Å².